The Hall–Kier alpha value is -2.04. The van der Waals surface area contributed by atoms with Gasteiger partial charge in [0.15, 0.2) is 0 Å². The predicted molar refractivity (Wildman–Crippen MR) is 84.1 cm³/mol. The van der Waals surface area contributed by atoms with Gasteiger partial charge in [-0.05, 0) is 17.7 Å². The minimum Gasteiger partial charge on any atom is -0.398 e. The molecule has 0 bridgehead atoms. The van der Waals surface area contributed by atoms with Crippen LogP contribution in [-0.2, 0) is 6.54 Å². The van der Waals surface area contributed by atoms with E-state index in [1.54, 1.807) is 18.2 Å². The number of rotatable bonds is 5. The number of nitrogen functional groups attached to an aromatic ring is 1. The summed E-state index contributed by atoms with van der Waals surface area (Å²) in [5.74, 6) is -0.281. The Morgan fingerprint density at radius 1 is 1.14 bits per heavy atom. The van der Waals surface area contributed by atoms with Crippen molar-refractivity contribution >= 4 is 23.2 Å². The second-order valence-electron chi connectivity index (χ2n) is 4.64. The van der Waals surface area contributed by atoms with E-state index in [4.69, 9.17) is 17.3 Å². The minimum atomic E-state index is -0.281. The van der Waals surface area contributed by atoms with E-state index in [2.05, 4.69) is 0 Å². The molecule has 1 amide bonds. The zero-order chi connectivity index (χ0) is 15.2. The third-order valence-electron chi connectivity index (χ3n) is 3.13. The molecule has 0 spiro atoms. The molecule has 0 fully saturated rings. The van der Waals surface area contributed by atoms with Crippen molar-refractivity contribution in [1.29, 1.82) is 0 Å². The molecule has 0 aromatic heterocycles. The van der Waals surface area contributed by atoms with Gasteiger partial charge in [0.05, 0.1) is 17.2 Å². The fourth-order valence-electron chi connectivity index (χ4n) is 2.10. The van der Waals surface area contributed by atoms with Crippen molar-refractivity contribution in [3.05, 3.63) is 64.7 Å². The first-order valence-electron chi connectivity index (χ1n) is 6.61. The van der Waals surface area contributed by atoms with E-state index in [-0.39, 0.29) is 24.6 Å². The van der Waals surface area contributed by atoms with E-state index in [1.165, 1.54) is 4.90 Å². The Morgan fingerprint density at radius 3 is 2.48 bits per heavy atom. The summed E-state index contributed by atoms with van der Waals surface area (Å²) in [7, 11) is 0. The number of aliphatic hydroxyl groups is 1. The maximum absolute atomic E-state index is 12.6. The van der Waals surface area contributed by atoms with Crippen LogP contribution >= 0.6 is 11.6 Å². The molecule has 2 rings (SSSR count). The third kappa shape index (κ3) is 3.74. The number of nitrogens with zero attached hydrogens (tertiary/aromatic N) is 1. The van der Waals surface area contributed by atoms with Crippen LogP contribution in [0.15, 0.2) is 48.5 Å². The van der Waals surface area contributed by atoms with Crippen LogP contribution in [0.4, 0.5) is 5.69 Å². The summed E-state index contributed by atoms with van der Waals surface area (Å²) in [5, 5.41) is 9.51. The van der Waals surface area contributed by atoms with Gasteiger partial charge in [-0.2, -0.15) is 0 Å². The molecule has 0 aliphatic carbocycles. The molecule has 2 aromatic rings. The molecule has 21 heavy (non-hydrogen) atoms. The van der Waals surface area contributed by atoms with Crippen molar-refractivity contribution in [2.45, 2.75) is 6.54 Å². The van der Waals surface area contributed by atoms with Gasteiger partial charge in [0.2, 0.25) is 0 Å². The monoisotopic (exact) mass is 304 g/mol. The molecule has 5 heteroatoms. The molecule has 0 radical (unpaired) electrons. The molecule has 4 nitrogen and oxygen atoms in total. The first kappa shape index (κ1) is 15.4. The van der Waals surface area contributed by atoms with Crippen molar-refractivity contribution < 1.29 is 9.90 Å². The zero-order valence-electron chi connectivity index (χ0n) is 11.5. The highest BCUT2D eigenvalue weighted by Crippen LogP contribution is 2.24. The van der Waals surface area contributed by atoms with Gasteiger partial charge < -0.3 is 15.7 Å². The number of benzene rings is 2. The lowest BCUT2D eigenvalue weighted by atomic mass is 10.1. The first-order valence-corrected chi connectivity index (χ1v) is 6.99. The van der Waals surface area contributed by atoms with Crippen LogP contribution in [0.5, 0.6) is 0 Å². The summed E-state index contributed by atoms with van der Waals surface area (Å²) in [6.07, 6.45) is 0. The third-order valence-corrected chi connectivity index (χ3v) is 3.45. The standard InChI is InChI=1S/C16H17ClN2O2/c17-13-7-4-8-14(18)15(13)16(21)19(9-10-20)11-12-5-2-1-3-6-12/h1-8,20H,9-11,18H2. The van der Waals surface area contributed by atoms with E-state index in [0.29, 0.717) is 17.3 Å². The molecular formula is C16H17ClN2O2. The Labute approximate surface area is 128 Å². The highest BCUT2D eigenvalue weighted by molar-refractivity contribution is 6.34. The second-order valence-corrected chi connectivity index (χ2v) is 5.05. The molecule has 0 saturated carbocycles. The zero-order valence-corrected chi connectivity index (χ0v) is 12.3. The number of nitrogens with two attached hydrogens (primary N) is 1. The lowest BCUT2D eigenvalue weighted by Gasteiger charge is -2.23. The second kappa shape index (κ2) is 7.11. The summed E-state index contributed by atoms with van der Waals surface area (Å²) in [4.78, 5) is 14.2. The first-order chi connectivity index (χ1) is 10.1. The average Bonchev–Trinajstić information content (AvgIpc) is 2.47. The van der Waals surface area contributed by atoms with Gasteiger partial charge in [-0.3, -0.25) is 4.79 Å². The fraction of sp³-hybridized carbons (Fsp3) is 0.188. The smallest absolute Gasteiger partial charge is 0.257 e. The largest absolute Gasteiger partial charge is 0.398 e. The molecule has 110 valence electrons. The topological polar surface area (TPSA) is 66.6 Å². The lowest BCUT2D eigenvalue weighted by Crippen LogP contribution is -2.33. The molecular weight excluding hydrogens is 288 g/mol. The Balaban J connectivity index is 2.27. The van der Waals surface area contributed by atoms with Gasteiger partial charge in [-0.1, -0.05) is 48.0 Å². The van der Waals surface area contributed by atoms with Crippen molar-refractivity contribution in [2.24, 2.45) is 0 Å². The van der Waals surface area contributed by atoms with E-state index in [1.807, 2.05) is 30.3 Å². The number of anilines is 1. The van der Waals surface area contributed by atoms with E-state index < -0.39 is 0 Å². The van der Waals surface area contributed by atoms with Crippen LogP contribution in [0, 0.1) is 0 Å². The van der Waals surface area contributed by atoms with Gasteiger partial charge in [0.25, 0.3) is 5.91 Å². The van der Waals surface area contributed by atoms with E-state index in [0.717, 1.165) is 5.56 Å². The maximum Gasteiger partial charge on any atom is 0.257 e. The molecule has 0 unspecified atom stereocenters. The SMILES string of the molecule is Nc1cccc(Cl)c1C(=O)N(CCO)Cc1ccccc1. The minimum absolute atomic E-state index is 0.122. The number of amides is 1. The van der Waals surface area contributed by atoms with Crippen LogP contribution in [0.25, 0.3) is 0 Å². The lowest BCUT2D eigenvalue weighted by molar-refractivity contribution is 0.0709. The summed E-state index contributed by atoms with van der Waals surface area (Å²) in [6, 6.07) is 14.5. The highest BCUT2D eigenvalue weighted by Gasteiger charge is 2.20. The molecule has 0 aliphatic rings. The summed E-state index contributed by atoms with van der Waals surface area (Å²) < 4.78 is 0. The van der Waals surface area contributed by atoms with Crippen molar-refractivity contribution in [1.82, 2.24) is 4.90 Å². The van der Waals surface area contributed by atoms with Crippen LogP contribution in [0.3, 0.4) is 0 Å². The number of halogens is 1. The molecule has 0 aliphatic heterocycles. The molecule has 0 heterocycles. The van der Waals surface area contributed by atoms with Crippen LogP contribution in [0.1, 0.15) is 15.9 Å². The van der Waals surface area contributed by atoms with Gasteiger partial charge in [0.1, 0.15) is 0 Å². The number of hydrogen-bond acceptors (Lipinski definition) is 3. The molecule has 2 aromatic carbocycles. The van der Waals surface area contributed by atoms with Gasteiger partial charge in [-0.15, -0.1) is 0 Å². The summed E-state index contributed by atoms with van der Waals surface area (Å²) >= 11 is 6.08. The van der Waals surface area contributed by atoms with Crippen molar-refractivity contribution in [3.8, 4) is 0 Å². The number of carbonyl (C=O) groups excluding carboxylic acids is 1. The van der Waals surface area contributed by atoms with E-state index >= 15 is 0 Å². The molecule has 3 N–H and O–H groups in total. The summed E-state index contributed by atoms with van der Waals surface area (Å²) in [5.41, 5.74) is 7.45. The Kier molecular flexibility index (Phi) is 5.20. The van der Waals surface area contributed by atoms with Gasteiger partial charge in [-0.25, -0.2) is 0 Å². The Bertz CT molecular complexity index is 597. The average molecular weight is 305 g/mol. The maximum atomic E-state index is 12.6. The predicted octanol–water partition coefficient (Wildman–Crippen LogP) is 2.56. The van der Waals surface area contributed by atoms with Crippen LogP contribution < -0.4 is 5.73 Å². The fourth-order valence-corrected chi connectivity index (χ4v) is 2.36. The number of carbonyl (C=O) groups is 1. The quantitative estimate of drug-likeness (QED) is 0.834. The van der Waals surface area contributed by atoms with E-state index in [9.17, 15) is 9.90 Å². The number of aliphatic hydroxyl groups excluding tert-OH is 1. The van der Waals surface area contributed by atoms with Crippen LogP contribution in [0.2, 0.25) is 5.02 Å². The molecule has 0 atom stereocenters. The summed E-state index contributed by atoms with van der Waals surface area (Å²) in [6.45, 7) is 0.492. The Morgan fingerprint density at radius 2 is 1.86 bits per heavy atom. The van der Waals surface area contributed by atoms with Gasteiger partial charge >= 0.3 is 0 Å². The van der Waals surface area contributed by atoms with Crippen LogP contribution in [-0.4, -0.2) is 29.1 Å². The van der Waals surface area contributed by atoms with Crippen molar-refractivity contribution in [3.63, 3.8) is 0 Å². The van der Waals surface area contributed by atoms with Crippen molar-refractivity contribution in [2.75, 3.05) is 18.9 Å². The molecule has 0 saturated heterocycles. The number of hydrogen-bond donors (Lipinski definition) is 2. The highest BCUT2D eigenvalue weighted by atomic mass is 35.5. The van der Waals surface area contributed by atoms with Gasteiger partial charge in [0, 0.05) is 18.8 Å². The normalized spacial score (nSPS) is 10.4.